The lowest BCUT2D eigenvalue weighted by atomic mass is 10.2. The number of ether oxygens (including phenoxy) is 1. The Balaban J connectivity index is 1.80. The van der Waals surface area contributed by atoms with Gasteiger partial charge in [-0.1, -0.05) is 18.2 Å². The van der Waals surface area contributed by atoms with Gasteiger partial charge in [0.15, 0.2) is 11.6 Å². The first-order valence-electron chi connectivity index (χ1n) is 7.44. The van der Waals surface area contributed by atoms with Gasteiger partial charge in [0.05, 0.1) is 19.3 Å². The molecular weight excluding hydrogens is 316 g/mol. The van der Waals surface area contributed by atoms with Gasteiger partial charge in [0.2, 0.25) is 11.2 Å². The number of amides is 1. The maximum Gasteiger partial charge on any atom is 0.246 e. The van der Waals surface area contributed by atoms with Crippen LogP contribution < -0.4 is 14.5 Å². The minimum Gasteiger partial charge on any atom is -0.488 e. The Morgan fingerprint density at radius 2 is 2.04 bits per heavy atom. The van der Waals surface area contributed by atoms with Crippen molar-refractivity contribution >= 4 is 29.0 Å². The molecule has 7 heteroatoms. The van der Waals surface area contributed by atoms with Crippen molar-refractivity contribution in [2.45, 2.75) is 6.92 Å². The number of halogens is 1. The van der Waals surface area contributed by atoms with Gasteiger partial charge >= 0.3 is 0 Å². The third kappa shape index (κ3) is 3.37. The Hall–Kier alpha value is -2.34. The van der Waals surface area contributed by atoms with E-state index in [0.717, 1.165) is 5.69 Å². The summed E-state index contributed by atoms with van der Waals surface area (Å²) < 4.78 is 5.54. The molecule has 6 nitrogen and oxygen atoms in total. The van der Waals surface area contributed by atoms with E-state index in [1.165, 1.54) is 0 Å². The number of carbonyl (C=O) groups excluding carboxylic acids is 1. The topological polar surface area (TPSA) is 58.6 Å². The number of hydrogen-bond acceptors (Lipinski definition) is 5. The molecule has 0 aliphatic carbocycles. The summed E-state index contributed by atoms with van der Waals surface area (Å²) in [6.07, 6.45) is 1.54. The van der Waals surface area contributed by atoms with E-state index in [2.05, 4.69) is 9.97 Å². The zero-order valence-corrected chi connectivity index (χ0v) is 13.5. The number of hydrogen-bond donors (Lipinski definition) is 0. The van der Waals surface area contributed by atoms with Crippen molar-refractivity contribution in [2.75, 3.05) is 36.0 Å². The molecular formula is C16H17ClN4O2. The lowest BCUT2D eigenvalue weighted by Crippen LogP contribution is -2.51. The highest BCUT2D eigenvalue weighted by Crippen LogP contribution is 2.28. The smallest absolute Gasteiger partial charge is 0.246 e. The normalized spacial score (nSPS) is 15.0. The Morgan fingerprint density at radius 1 is 1.26 bits per heavy atom. The maximum absolute atomic E-state index is 12.5. The molecule has 23 heavy (non-hydrogen) atoms. The Kier molecular flexibility index (Phi) is 4.62. The number of piperazine rings is 1. The summed E-state index contributed by atoms with van der Waals surface area (Å²) in [5.74, 6) is 1.12. The van der Waals surface area contributed by atoms with Crippen molar-refractivity contribution < 1.29 is 9.53 Å². The van der Waals surface area contributed by atoms with Crippen LogP contribution in [0.2, 0.25) is 5.28 Å². The van der Waals surface area contributed by atoms with Crippen molar-refractivity contribution in [3.8, 4) is 5.75 Å². The molecule has 120 valence electrons. The zero-order chi connectivity index (χ0) is 16.2. The average molecular weight is 333 g/mol. The van der Waals surface area contributed by atoms with Gasteiger partial charge in [-0.2, -0.15) is 4.98 Å². The van der Waals surface area contributed by atoms with Crippen molar-refractivity contribution in [1.82, 2.24) is 9.97 Å². The van der Waals surface area contributed by atoms with E-state index in [4.69, 9.17) is 16.3 Å². The molecule has 1 saturated heterocycles. The molecule has 0 bridgehead atoms. The second-order valence-corrected chi connectivity index (χ2v) is 5.40. The Bertz CT molecular complexity index is 696. The van der Waals surface area contributed by atoms with E-state index in [-0.39, 0.29) is 17.7 Å². The molecule has 1 fully saturated rings. The van der Waals surface area contributed by atoms with Crippen LogP contribution in [0.25, 0.3) is 0 Å². The number of rotatable bonds is 4. The first-order valence-corrected chi connectivity index (χ1v) is 7.82. The number of aromatic nitrogens is 2. The third-order valence-electron chi connectivity index (χ3n) is 3.59. The van der Waals surface area contributed by atoms with Crippen LogP contribution in [-0.4, -0.2) is 42.1 Å². The van der Waals surface area contributed by atoms with Gasteiger partial charge in [0.25, 0.3) is 0 Å². The molecule has 0 unspecified atom stereocenters. The molecule has 3 rings (SSSR count). The summed E-state index contributed by atoms with van der Waals surface area (Å²) in [6.45, 7) is 3.83. The zero-order valence-electron chi connectivity index (χ0n) is 12.8. The van der Waals surface area contributed by atoms with E-state index in [9.17, 15) is 4.79 Å². The molecule has 1 aliphatic rings. The Labute approximate surface area is 139 Å². The molecule has 1 aromatic carbocycles. The van der Waals surface area contributed by atoms with Crippen LogP contribution in [0.15, 0.2) is 36.5 Å². The van der Waals surface area contributed by atoms with Crippen LogP contribution in [0.3, 0.4) is 0 Å². The second-order valence-electron chi connectivity index (χ2n) is 5.06. The fourth-order valence-electron chi connectivity index (χ4n) is 2.56. The molecule has 2 aromatic rings. The summed E-state index contributed by atoms with van der Waals surface area (Å²) in [4.78, 5) is 24.3. The average Bonchev–Trinajstić information content (AvgIpc) is 2.57. The first kappa shape index (κ1) is 15.6. The molecule has 1 aromatic heterocycles. The fraction of sp³-hybridized carbons (Fsp3) is 0.312. The summed E-state index contributed by atoms with van der Waals surface area (Å²) in [7, 11) is 0. The number of benzene rings is 1. The Morgan fingerprint density at radius 3 is 2.74 bits per heavy atom. The van der Waals surface area contributed by atoms with Crippen LogP contribution in [0.4, 0.5) is 11.5 Å². The quantitative estimate of drug-likeness (QED) is 0.805. The highest BCUT2D eigenvalue weighted by molar-refractivity contribution is 6.28. The standard InChI is InChI=1S/C16H17ClN4O2/c1-2-23-13-10-18-16(17)19-15(13)20-8-9-21(14(22)11-20)12-6-4-3-5-7-12/h3-7,10H,2,8-9,11H2,1H3. The van der Waals surface area contributed by atoms with Gasteiger partial charge in [-0.3, -0.25) is 4.79 Å². The number of para-hydroxylation sites is 1. The summed E-state index contributed by atoms with van der Waals surface area (Å²) >= 11 is 5.90. The van der Waals surface area contributed by atoms with Gasteiger partial charge < -0.3 is 14.5 Å². The number of anilines is 2. The molecule has 1 amide bonds. The highest BCUT2D eigenvalue weighted by atomic mass is 35.5. The first-order chi connectivity index (χ1) is 11.2. The van der Waals surface area contributed by atoms with Gasteiger partial charge in [-0.05, 0) is 30.7 Å². The largest absolute Gasteiger partial charge is 0.488 e. The van der Waals surface area contributed by atoms with Gasteiger partial charge in [-0.25, -0.2) is 4.98 Å². The minimum atomic E-state index is 0.0135. The lowest BCUT2D eigenvalue weighted by Gasteiger charge is -2.35. The van der Waals surface area contributed by atoms with Gasteiger partial charge in [0.1, 0.15) is 0 Å². The van der Waals surface area contributed by atoms with E-state index in [1.54, 1.807) is 11.1 Å². The van der Waals surface area contributed by atoms with Crippen LogP contribution in [0.5, 0.6) is 5.75 Å². The predicted molar refractivity (Wildman–Crippen MR) is 89.2 cm³/mol. The van der Waals surface area contributed by atoms with Crippen molar-refractivity contribution in [1.29, 1.82) is 0 Å². The molecule has 0 N–H and O–H groups in total. The highest BCUT2D eigenvalue weighted by Gasteiger charge is 2.28. The van der Waals surface area contributed by atoms with Crippen molar-refractivity contribution in [2.24, 2.45) is 0 Å². The van der Waals surface area contributed by atoms with E-state index < -0.39 is 0 Å². The van der Waals surface area contributed by atoms with E-state index in [0.29, 0.717) is 31.3 Å². The van der Waals surface area contributed by atoms with Crippen LogP contribution in [0.1, 0.15) is 6.92 Å². The van der Waals surface area contributed by atoms with E-state index >= 15 is 0 Å². The summed E-state index contributed by atoms with van der Waals surface area (Å²) in [6, 6.07) is 9.64. The number of nitrogens with zero attached hydrogens (tertiary/aromatic N) is 4. The summed E-state index contributed by atoms with van der Waals surface area (Å²) in [5.41, 5.74) is 0.905. The van der Waals surface area contributed by atoms with Crippen LogP contribution in [-0.2, 0) is 4.79 Å². The van der Waals surface area contributed by atoms with E-state index in [1.807, 2.05) is 42.2 Å². The van der Waals surface area contributed by atoms with Gasteiger partial charge in [0, 0.05) is 18.8 Å². The van der Waals surface area contributed by atoms with Crippen molar-refractivity contribution in [3.05, 3.63) is 41.8 Å². The van der Waals surface area contributed by atoms with Crippen molar-refractivity contribution in [3.63, 3.8) is 0 Å². The SMILES string of the molecule is CCOc1cnc(Cl)nc1N1CCN(c2ccccc2)C(=O)C1. The third-order valence-corrected chi connectivity index (χ3v) is 3.78. The van der Waals surface area contributed by atoms with Crippen LogP contribution in [0, 0.1) is 0 Å². The molecule has 2 heterocycles. The molecule has 0 saturated carbocycles. The monoisotopic (exact) mass is 332 g/mol. The maximum atomic E-state index is 12.5. The van der Waals surface area contributed by atoms with Gasteiger partial charge in [-0.15, -0.1) is 0 Å². The lowest BCUT2D eigenvalue weighted by molar-refractivity contribution is -0.117. The molecule has 1 aliphatic heterocycles. The molecule has 0 spiro atoms. The van der Waals surface area contributed by atoms with Crippen LogP contribution >= 0.6 is 11.6 Å². The summed E-state index contributed by atoms with van der Waals surface area (Å²) in [5, 5.41) is 0.140. The fourth-order valence-corrected chi connectivity index (χ4v) is 2.69. The molecule has 0 radical (unpaired) electrons. The minimum absolute atomic E-state index is 0.0135. The molecule has 0 atom stereocenters. The number of carbonyl (C=O) groups is 1. The predicted octanol–water partition coefficient (Wildman–Crippen LogP) is 2.38. The second kappa shape index (κ2) is 6.83.